The number of hydrogen-bond donors (Lipinski definition) is 1. The lowest BCUT2D eigenvalue weighted by molar-refractivity contribution is 0.209. The maximum Gasteiger partial charge on any atom is 0.129 e. The highest BCUT2D eigenvalue weighted by Crippen LogP contribution is 2.34. The smallest absolute Gasteiger partial charge is 0.129 e. The number of nitrogens with zero attached hydrogens (tertiary/aromatic N) is 1. The fourth-order valence-electron chi connectivity index (χ4n) is 2.35. The van der Waals surface area contributed by atoms with Crippen LogP contribution in [0.25, 0.3) is 0 Å². The van der Waals surface area contributed by atoms with Gasteiger partial charge in [-0.15, -0.1) is 0 Å². The van der Waals surface area contributed by atoms with Crippen LogP contribution in [0.5, 0.6) is 0 Å². The van der Waals surface area contributed by atoms with Gasteiger partial charge in [0.25, 0.3) is 0 Å². The molecule has 2 fully saturated rings. The third-order valence-electron chi connectivity index (χ3n) is 3.68. The monoisotopic (exact) mass is 235 g/mol. The quantitative estimate of drug-likeness (QED) is 0.788. The van der Waals surface area contributed by atoms with E-state index in [4.69, 9.17) is 9.52 Å². The SMILES string of the molecule is OCc1ccc(CN(CC2CC2)CC2CC2)o1. The van der Waals surface area contributed by atoms with Gasteiger partial charge in [-0.2, -0.15) is 0 Å². The summed E-state index contributed by atoms with van der Waals surface area (Å²) in [6.45, 7) is 3.37. The number of rotatable bonds is 7. The maximum absolute atomic E-state index is 8.99. The van der Waals surface area contributed by atoms with Crippen LogP contribution in [0, 0.1) is 11.8 Å². The molecule has 17 heavy (non-hydrogen) atoms. The molecule has 0 bridgehead atoms. The van der Waals surface area contributed by atoms with Crippen molar-refractivity contribution in [3.05, 3.63) is 23.7 Å². The van der Waals surface area contributed by atoms with Crippen molar-refractivity contribution in [1.29, 1.82) is 0 Å². The van der Waals surface area contributed by atoms with Crippen LogP contribution in [0.2, 0.25) is 0 Å². The Kier molecular flexibility index (Phi) is 3.21. The second-order valence-corrected chi connectivity index (χ2v) is 5.61. The highest BCUT2D eigenvalue weighted by molar-refractivity contribution is 5.06. The number of hydrogen-bond acceptors (Lipinski definition) is 3. The minimum absolute atomic E-state index is 0.00521. The second kappa shape index (κ2) is 4.83. The van der Waals surface area contributed by atoms with E-state index in [0.717, 1.165) is 24.1 Å². The summed E-state index contributed by atoms with van der Waals surface area (Å²) in [6.07, 6.45) is 5.62. The van der Waals surface area contributed by atoms with E-state index in [9.17, 15) is 0 Å². The number of aliphatic hydroxyl groups is 1. The summed E-state index contributed by atoms with van der Waals surface area (Å²) < 4.78 is 5.58. The molecule has 2 aliphatic carbocycles. The fraction of sp³-hybridized carbons (Fsp3) is 0.714. The van der Waals surface area contributed by atoms with E-state index in [1.54, 1.807) is 0 Å². The second-order valence-electron chi connectivity index (χ2n) is 5.61. The lowest BCUT2D eigenvalue weighted by Gasteiger charge is -2.20. The molecule has 1 aromatic rings. The summed E-state index contributed by atoms with van der Waals surface area (Å²) in [4.78, 5) is 2.54. The van der Waals surface area contributed by atoms with Crippen LogP contribution < -0.4 is 0 Å². The van der Waals surface area contributed by atoms with Gasteiger partial charge in [0.05, 0.1) is 6.54 Å². The maximum atomic E-state index is 8.99. The van der Waals surface area contributed by atoms with Crippen LogP contribution in [-0.2, 0) is 13.2 Å². The van der Waals surface area contributed by atoms with Gasteiger partial charge in [-0.25, -0.2) is 0 Å². The van der Waals surface area contributed by atoms with E-state index in [1.807, 2.05) is 12.1 Å². The minimum Gasteiger partial charge on any atom is -0.462 e. The summed E-state index contributed by atoms with van der Waals surface area (Å²) >= 11 is 0. The molecule has 1 heterocycles. The number of furan rings is 1. The van der Waals surface area contributed by atoms with Crippen molar-refractivity contribution in [2.24, 2.45) is 11.8 Å². The molecule has 2 saturated carbocycles. The van der Waals surface area contributed by atoms with Gasteiger partial charge >= 0.3 is 0 Å². The fourth-order valence-corrected chi connectivity index (χ4v) is 2.35. The average Bonchev–Trinajstić information content (AvgIpc) is 3.22. The largest absolute Gasteiger partial charge is 0.462 e. The number of aliphatic hydroxyl groups excluding tert-OH is 1. The van der Waals surface area contributed by atoms with Crippen molar-refractivity contribution in [3.63, 3.8) is 0 Å². The lowest BCUT2D eigenvalue weighted by atomic mass is 10.3. The van der Waals surface area contributed by atoms with Crippen LogP contribution in [0.3, 0.4) is 0 Å². The zero-order valence-corrected chi connectivity index (χ0v) is 10.3. The van der Waals surface area contributed by atoms with Gasteiger partial charge in [0.2, 0.25) is 0 Å². The Labute approximate surface area is 102 Å². The molecule has 1 aromatic heterocycles. The summed E-state index contributed by atoms with van der Waals surface area (Å²) in [5.74, 6) is 3.54. The Bertz CT molecular complexity index is 352. The molecule has 3 rings (SSSR count). The zero-order chi connectivity index (χ0) is 11.7. The molecule has 0 aromatic carbocycles. The van der Waals surface area contributed by atoms with Gasteiger partial charge < -0.3 is 9.52 Å². The zero-order valence-electron chi connectivity index (χ0n) is 10.3. The van der Waals surface area contributed by atoms with Gasteiger partial charge in [-0.3, -0.25) is 4.90 Å². The first-order valence-corrected chi connectivity index (χ1v) is 6.74. The summed E-state index contributed by atoms with van der Waals surface area (Å²) in [5.41, 5.74) is 0. The minimum atomic E-state index is 0.00521. The van der Waals surface area contributed by atoms with Gasteiger partial charge in [0, 0.05) is 13.1 Å². The Hall–Kier alpha value is -0.800. The van der Waals surface area contributed by atoms with E-state index in [1.165, 1.54) is 38.8 Å². The molecule has 94 valence electrons. The lowest BCUT2D eigenvalue weighted by Crippen LogP contribution is -2.27. The van der Waals surface area contributed by atoms with Gasteiger partial charge in [0.15, 0.2) is 0 Å². The first kappa shape index (κ1) is 11.3. The topological polar surface area (TPSA) is 36.6 Å². The Morgan fingerprint density at radius 1 is 1.06 bits per heavy atom. The van der Waals surface area contributed by atoms with Crippen molar-refractivity contribution >= 4 is 0 Å². The molecule has 2 aliphatic rings. The van der Waals surface area contributed by atoms with Crippen LogP contribution in [0.15, 0.2) is 16.5 Å². The normalized spacial score (nSPS) is 20.1. The Morgan fingerprint density at radius 3 is 2.12 bits per heavy atom. The molecule has 0 atom stereocenters. The summed E-state index contributed by atoms with van der Waals surface area (Å²) in [6, 6.07) is 3.88. The highest BCUT2D eigenvalue weighted by atomic mass is 16.4. The predicted octanol–water partition coefficient (Wildman–Crippen LogP) is 2.39. The van der Waals surface area contributed by atoms with Crippen LogP contribution in [-0.4, -0.2) is 23.1 Å². The van der Waals surface area contributed by atoms with Crippen molar-refractivity contribution in [1.82, 2.24) is 4.90 Å². The van der Waals surface area contributed by atoms with Crippen molar-refractivity contribution in [3.8, 4) is 0 Å². The summed E-state index contributed by atoms with van der Waals surface area (Å²) in [7, 11) is 0. The molecular weight excluding hydrogens is 214 g/mol. The predicted molar refractivity (Wildman–Crippen MR) is 65.4 cm³/mol. The average molecular weight is 235 g/mol. The van der Waals surface area contributed by atoms with Crippen LogP contribution >= 0.6 is 0 Å². The van der Waals surface area contributed by atoms with E-state index >= 15 is 0 Å². The molecule has 3 heteroatoms. The first-order chi connectivity index (χ1) is 8.33. The summed E-state index contributed by atoms with van der Waals surface area (Å²) in [5, 5.41) is 8.99. The van der Waals surface area contributed by atoms with E-state index in [-0.39, 0.29) is 6.61 Å². The van der Waals surface area contributed by atoms with Gasteiger partial charge in [-0.05, 0) is 49.7 Å². The molecule has 0 aliphatic heterocycles. The third-order valence-corrected chi connectivity index (χ3v) is 3.68. The highest BCUT2D eigenvalue weighted by Gasteiger charge is 2.29. The molecule has 0 spiro atoms. The van der Waals surface area contributed by atoms with Crippen LogP contribution in [0.1, 0.15) is 37.2 Å². The van der Waals surface area contributed by atoms with Crippen LogP contribution in [0.4, 0.5) is 0 Å². The van der Waals surface area contributed by atoms with Gasteiger partial charge in [-0.1, -0.05) is 0 Å². The Balaban J connectivity index is 1.56. The first-order valence-electron chi connectivity index (χ1n) is 6.74. The molecule has 0 saturated heterocycles. The molecule has 1 N–H and O–H groups in total. The van der Waals surface area contributed by atoms with E-state index in [2.05, 4.69) is 4.90 Å². The molecule has 0 amide bonds. The molecule has 0 radical (unpaired) electrons. The molecular formula is C14H21NO2. The van der Waals surface area contributed by atoms with Gasteiger partial charge in [0.1, 0.15) is 18.1 Å². The standard InChI is InChI=1S/C14H21NO2/c16-10-14-6-5-13(17-14)9-15(7-11-1-2-11)8-12-3-4-12/h5-6,11-12,16H,1-4,7-10H2. The van der Waals surface area contributed by atoms with Crippen molar-refractivity contribution in [2.75, 3.05) is 13.1 Å². The third kappa shape index (κ3) is 3.33. The van der Waals surface area contributed by atoms with Crippen molar-refractivity contribution < 1.29 is 9.52 Å². The van der Waals surface area contributed by atoms with E-state index in [0.29, 0.717) is 5.76 Å². The molecule has 3 nitrogen and oxygen atoms in total. The van der Waals surface area contributed by atoms with E-state index < -0.39 is 0 Å². The Morgan fingerprint density at radius 2 is 1.65 bits per heavy atom. The van der Waals surface area contributed by atoms with Crippen molar-refractivity contribution in [2.45, 2.75) is 38.8 Å². The molecule has 0 unspecified atom stereocenters.